The van der Waals surface area contributed by atoms with Crippen LogP contribution in [0, 0.1) is 11.3 Å². The summed E-state index contributed by atoms with van der Waals surface area (Å²) in [7, 11) is 6.49. The number of aromatic hydroxyl groups is 1. The number of benzene rings is 2. The Morgan fingerprint density at radius 3 is 2.58 bits per heavy atom. The second kappa shape index (κ2) is 20.6. The maximum atomic E-state index is 14.7. The molecule has 0 aliphatic carbocycles. The molecule has 0 spiro atoms. The second-order valence-corrected chi connectivity index (χ2v) is 18.9. The molecule has 0 unspecified atom stereocenters. The van der Waals surface area contributed by atoms with Gasteiger partial charge in [-0.3, -0.25) is 29.2 Å². The zero-order valence-electron chi connectivity index (χ0n) is 40.0. The molecule has 15 heteroatoms. The van der Waals surface area contributed by atoms with Crippen molar-refractivity contribution in [3.05, 3.63) is 95.5 Å². The number of hydrogen-bond donors (Lipinski definition) is 3. The van der Waals surface area contributed by atoms with Crippen molar-refractivity contribution in [3.63, 3.8) is 0 Å². The minimum absolute atomic E-state index is 0.00449. The quantitative estimate of drug-likeness (QED) is 0.0862. The number of hydrogen-bond acceptors (Lipinski definition) is 10. The van der Waals surface area contributed by atoms with Crippen molar-refractivity contribution in [2.24, 2.45) is 11.3 Å². The highest BCUT2D eigenvalue weighted by molar-refractivity contribution is 5.96. The molecule has 66 heavy (non-hydrogen) atoms. The van der Waals surface area contributed by atoms with E-state index in [0.717, 1.165) is 44.5 Å². The Labute approximate surface area is 388 Å². The maximum Gasteiger partial charge on any atom is 0.324 e. The number of aromatic nitrogens is 2. The van der Waals surface area contributed by atoms with E-state index >= 15 is 0 Å². The molecule has 3 N–H and O–H groups in total. The minimum atomic E-state index is -0.858. The van der Waals surface area contributed by atoms with Crippen LogP contribution in [0.1, 0.15) is 70.7 Å². The third kappa shape index (κ3) is 10.8. The topological polar surface area (TPSA) is 172 Å². The molecule has 2 aromatic heterocycles. The van der Waals surface area contributed by atoms with E-state index in [2.05, 4.69) is 60.9 Å². The summed E-state index contributed by atoms with van der Waals surface area (Å²) in [5.74, 6) is -2.78. The lowest BCUT2D eigenvalue weighted by Crippen LogP contribution is -2.58. The average molecular weight is 905 g/mol. The number of cyclic esters (lactones) is 1. The average Bonchev–Trinajstić information content (AvgIpc) is 3.58. The van der Waals surface area contributed by atoms with E-state index in [4.69, 9.17) is 14.5 Å². The van der Waals surface area contributed by atoms with Crippen molar-refractivity contribution in [2.45, 2.75) is 85.9 Å². The standard InChI is InChI=1S/C51H65N7O8/c1-11-44(60)55(7)22-19-45(61)58(8,9)47(32(3)4)48(62)53-29-36-24-33-23-35(26-37(59)25-33)34-17-18-43-39(27-34)40(46(56(43)12-2)38-15-13-20-52-42(38)30-65-10)28-51(5,6)31-66-50(64)41-16-14-21-57(54-41)49(36)63/h11,13,15,17-18,20,23,25-27,36,41,54H,1,12,14,16,19,21-22,24,28-31H2,2-10H3,(H-,53,59,62)/p+1/t36-,41+/m1/s1. The smallest absolute Gasteiger partial charge is 0.324 e. The van der Waals surface area contributed by atoms with E-state index in [1.807, 2.05) is 18.2 Å². The van der Waals surface area contributed by atoms with E-state index in [0.29, 0.717) is 50.1 Å². The van der Waals surface area contributed by atoms with Crippen LogP contribution in [0.3, 0.4) is 0 Å². The lowest BCUT2D eigenvalue weighted by molar-refractivity contribution is -0.769. The molecule has 1 saturated heterocycles. The van der Waals surface area contributed by atoms with Crippen molar-refractivity contribution in [1.82, 2.24) is 30.2 Å². The van der Waals surface area contributed by atoms with Crippen LogP contribution in [0.25, 0.3) is 33.3 Å². The number of carbonyl (C=O) groups excluding carboxylic acids is 5. The molecule has 2 aliphatic heterocycles. The number of likely N-dealkylation sites (N-methyl/N-ethyl adjacent to an activating group) is 2. The number of nitrogens with one attached hydrogen (secondary N) is 2. The molecule has 15 nitrogen and oxygen atoms in total. The van der Waals surface area contributed by atoms with Gasteiger partial charge in [0.2, 0.25) is 17.5 Å². The molecule has 352 valence electrons. The van der Waals surface area contributed by atoms with Gasteiger partial charge in [-0.2, -0.15) is 0 Å². The summed E-state index contributed by atoms with van der Waals surface area (Å²) >= 11 is 0. The lowest BCUT2D eigenvalue weighted by Gasteiger charge is -2.36. The first-order chi connectivity index (χ1) is 31.3. The number of allylic oxidation sites excluding steroid dienone is 1. The monoisotopic (exact) mass is 904 g/mol. The molecule has 6 rings (SSSR count). The van der Waals surface area contributed by atoms with Crippen LogP contribution in [0.4, 0.5) is 0 Å². The third-order valence-electron chi connectivity index (χ3n) is 12.6. The fourth-order valence-corrected chi connectivity index (χ4v) is 9.32. The summed E-state index contributed by atoms with van der Waals surface area (Å²) in [6, 6.07) is 14.8. The summed E-state index contributed by atoms with van der Waals surface area (Å²) in [6.07, 6.45) is 4.62. The first-order valence-electron chi connectivity index (χ1n) is 22.7. The highest BCUT2D eigenvalue weighted by Crippen LogP contribution is 2.41. The van der Waals surface area contributed by atoms with Gasteiger partial charge < -0.3 is 29.4 Å². The fraction of sp³-hybridized carbons (Fsp3) is 0.451. The summed E-state index contributed by atoms with van der Waals surface area (Å²) in [5.41, 5.74) is 10.5. The van der Waals surface area contributed by atoms with Gasteiger partial charge in [0.15, 0.2) is 0 Å². The molecule has 1 fully saturated rings. The molecule has 2 atom stereocenters. The van der Waals surface area contributed by atoms with Crippen LogP contribution in [-0.2, 0) is 59.4 Å². The van der Waals surface area contributed by atoms with Gasteiger partial charge in [-0.15, -0.1) is 0 Å². The predicted octanol–water partition coefficient (Wildman–Crippen LogP) is 6.07. The molecule has 2 aliphatic rings. The number of methoxy groups -OCH3 is 1. The van der Waals surface area contributed by atoms with Gasteiger partial charge in [0.05, 0.1) is 51.0 Å². The van der Waals surface area contributed by atoms with Crippen LogP contribution >= 0.6 is 0 Å². The minimum Gasteiger partial charge on any atom is -0.508 e. The third-order valence-corrected chi connectivity index (χ3v) is 12.6. The maximum absolute atomic E-state index is 14.7. The number of phenolic OH excluding ortho intramolecular Hbond substituents is 1. The Bertz CT molecular complexity index is 2550. The Kier molecular flexibility index (Phi) is 15.4. The van der Waals surface area contributed by atoms with Gasteiger partial charge in [-0.1, -0.05) is 32.6 Å². The molecular weight excluding hydrogens is 839 g/mol. The number of esters is 1. The lowest BCUT2D eigenvalue weighted by atomic mass is 9.84. The van der Waals surface area contributed by atoms with Crippen molar-refractivity contribution >= 4 is 40.5 Å². The highest BCUT2D eigenvalue weighted by Gasteiger charge is 2.39. The van der Waals surface area contributed by atoms with Crippen molar-refractivity contribution in [2.75, 3.05) is 54.5 Å². The molecule has 0 saturated carbocycles. The van der Waals surface area contributed by atoms with Crippen LogP contribution in [0.15, 0.2) is 78.7 Å². The molecular formula is C51H66N7O8+. The molecule has 4 heterocycles. The van der Waals surface area contributed by atoms with Crippen molar-refractivity contribution in [1.29, 1.82) is 0 Å². The zero-order chi connectivity index (χ0) is 48.1. The van der Waals surface area contributed by atoms with Gasteiger partial charge in [-0.25, -0.2) is 14.7 Å². The van der Waals surface area contributed by atoms with E-state index in [9.17, 15) is 29.1 Å². The number of pyridine rings is 1. The number of aryl methyl sites for hydroxylation is 1. The Morgan fingerprint density at radius 1 is 1.12 bits per heavy atom. The number of quaternary nitrogens is 1. The van der Waals surface area contributed by atoms with Crippen LogP contribution in [0.5, 0.6) is 5.75 Å². The van der Waals surface area contributed by atoms with E-state index in [-0.39, 0.29) is 61.7 Å². The van der Waals surface area contributed by atoms with Crippen LogP contribution < -0.4 is 10.7 Å². The van der Waals surface area contributed by atoms with Gasteiger partial charge in [-0.05, 0) is 117 Å². The number of amides is 4. The number of fused-ring (bicyclic) bond motifs is 6. The Morgan fingerprint density at radius 2 is 1.88 bits per heavy atom. The SMILES string of the molecule is C=CC(=O)N(C)CCC(=O)[N+](C)(C)C(C(=O)NC[C@H]1Cc2cc(O)cc(c2)-c2ccc3c(c2)c(c(-c2cccnc2COC)n3CC)CC(C)(C)COC(=O)[C@@H]2CCCN(N2)C1=O)=C(C)C. The summed E-state index contributed by atoms with van der Waals surface area (Å²) in [4.78, 5) is 74.6. The van der Waals surface area contributed by atoms with Crippen molar-refractivity contribution < 1.29 is 43.0 Å². The number of nitrogens with zero attached hydrogens (tertiary/aromatic N) is 5. The highest BCUT2D eigenvalue weighted by atomic mass is 16.5. The number of phenols is 1. The van der Waals surface area contributed by atoms with Gasteiger partial charge in [0.1, 0.15) is 11.8 Å². The normalized spacial score (nSPS) is 17.7. The van der Waals surface area contributed by atoms with Gasteiger partial charge in [0.25, 0.3) is 0 Å². The Hall–Kier alpha value is -6.16. The first kappa shape index (κ1) is 49.3. The number of hydrazine groups is 1. The summed E-state index contributed by atoms with van der Waals surface area (Å²) in [6.45, 7) is 14.7. The molecule has 0 radical (unpaired) electrons. The van der Waals surface area contributed by atoms with E-state index in [1.165, 1.54) is 16.0 Å². The largest absolute Gasteiger partial charge is 0.508 e. The Balaban J connectivity index is 1.42. The molecule has 2 aromatic carbocycles. The second-order valence-electron chi connectivity index (χ2n) is 18.9. The molecule has 4 aromatic rings. The summed E-state index contributed by atoms with van der Waals surface area (Å²) in [5, 5.41) is 16.7. The molecule has 6 bridgehead atoms. The zero-order valence-corrected chi connectivity index (χ0v) is 40.0. The molecule has 4 amide bonds. The number of rotatable bonds is 12. The first-order valence-corrected chi connectivity index (χ1v) is 22.7. The number of ether oxygens (including phenoxy) is 2. The summed E-state index contributed by atoms with van der Waals surface area (Å²) < 4.78 is 13.6. The number of carbonyl (C=O) groups is 5. The van der Waals surface area contributed by atoms with Gasteiger partial charge >= 0.3 is 17.8 Å². The van der Waals surface area contributed by atoms with Crippen LogP contribution in [-0.4, -0.2) is 119 Å². The van der Waals surface area contributed by atoms with E-state index in [1.54, 1.807) is 60.4 Å². The predicted molar refractivity (Wildman–Crippen MR) is 253 cm³/mol. The van der Waals surface area contributed by atoms with E-state index < -0.39 is 33.7 Å². The van der Waals surface area contributed by atoms with Crippen LogP contribution in [0.2, 0.25) is 0 Å². The van der Waals surface area contributed by atoms with Crippen molar-refractivity contribution in [3.8, 4) is 28.1 Å². The van der Waals surface area contributed by atoms with Gasteiger partial charge in [0, 0.05) is 68.4 Å². The fourth-order valence-electron chi connectivity index (χ4n) is 9.32.